The van der Waals surface area contributed by atoms with Crippen LogP contribution in [0.2, 0.25) is 0 Å². The molecule has 0 aromatic heterocycles. The Morgan fingerprint density at radius 2 is 2.17 bits per heavy atom. The molecule has 6 N–H and O–H groups in total. The van der Waals surface area contributed by atoms with Crippen molar-refractivity contribution in [3.63, 3.8) is 0 Å². The lowest BCUT2D eigenvalue weighted by atomic mass is 9.93. The van der Waals surface area contributed by atoms with Crippen molar-refractivity contribution in [3.8, 4) is 0 Å². The summed E-state index contributed by atoms with van der Waals surface area (Å²) in [5.74, 6) is 0.365. The maximum absolute atomic E-state index is 12.7. The standard InChI is InChI=1S/C17H18N4O2/c1-23-15-5-4-13-11(16(15)20)7-14(21-13)17(22)9-2-3-12(19)10(6-9)8-18/h2-8,11,13,18,21H,19-20H2,1H3. The number of hydrogen-bond donors (Lipinski definition) is 4. The highest BCUT2D eigenvalue weighted by molar-refractivity contribution is 6.09. The van der Waals surface area contributed by atoms with Crippen molar-refractivity contribution < 1.29 is 9.53 Å². The smallest absolute Gasteiger partial charge is 0.208 e. The summed E-state index contributed by atoms with van der Waals surface area (Å²) in [6, 6.07) is 4.85. The number of nitrogen functional groups attached to an aromatic ring is 1. The van der Waals surface area contributed by atoms with Gasteiger partial charge in [0.05, 0.1) is 24.5 Å². The Labute approximate surface area is 134 Å². The SMILES string of the molecule is COC1=C(N)C2C=C(C(=O)c3ccc(N)c(C=N)c3)NC2C=C1. The van der Waals surface area contributed by atoms with Crippen LogP contribution < -0.4 is 16.8 Å². The average molecular weight is 310 g/mol. The molecule has 1 aliphatic heterocycles. The highest BCUT2D eigenvalue weighted by Gasteiger charge is 2.33. The zero-order valence-corrected chi connectivity index (χ0v) is 12.7. The van der Waals surface area contributed by atoms with E-state index in [9.17, 15) is 4.79 Å². The number of hydrogen-bond acceptors (Lipinski definition) is 6. The number of benzene rings is 1. The molecule has 23 heavy (non-hydrogen) atoms. The minimum absolute atomic E-state index is 0.0520. The van der Waals surface area contributed by atoms with Crippen LogP contribution in [0.1, 0.15) is 15.9 Å². The predicted molar refractivity (Wildman–Crippen MR) is 88.9 cm³/mol. The molecule has 118 valence electrons. The fraction of sp³-hybridized carbons (Fsp3) is 0.176. The lowest BCUT2D eigenvalue weighted by molar-refractivity contribution is 0.102. The number of fused-ring (bicyclic) bond motifs is 1. The number of nitrogens with two attached hydrogens (primary N) is 2. The van der Waals surface area contributed by atoms with Crippen molar-refractivity contribution in [1.82, 2.24) is 5.32 Å². The number of methoxy groups -OCH3 is 1. The van der Waals surface area contributed by atoms with E-state index in [1.807, 2.05) is 12.2 Å². The summed E-state index contributed by atoms with van der Waals surface area (Å²) in [6.07, 6.45) is 6.70. The molecule has 2 unspecified atom stereocenters. The number of Topliss-reactive ketones (excluding diaryl/α,β-unsaturated/α-hetero) is 1. The molecule has 1 heterocycles. The monoisotopic (exact) mass is 310 g/mol. The molecule has 3 rings (SSSR count). The zero-order valence-electron chi connectivity index (χ0n) is 12.7. The van der Waals surface area contributed by atoms with Crippen LogP contribution in [-0.4, -0.2) is 25.1 Å². The normalized spacial score (nSPS) is 22.2. The third-order valence-corrected chi connectivity index (χ3v) is 4.12. The fourth-order valence-electron chi connectivity index (χ4n) is 2.83. The molecule has 2 aliphatic rings. The number of ketones is 1. The first-order valence-corrected chi connectivity index (χ1v) is 7.20. The number of carbonyl (C=O) groups is 1. The van der Waals surface area contributed by atoms with Crippen LogP contribution in [0.25, 0.3) is 0 Å². The van der Waals surface area contributed by atoms with Crippen molar-refractivity contribution in [2.75, 3.05) is 12.8 Å². The Hall–Kier alpha value is -3.02. The molecule has 1 aromatic carbocycles. The number of allylic oxidation sites excluding steroid dienone is 2. The lowest BCUT2D eigenvalue weighted by Crippen LogP contribution is -2.33. The molecule has 0 spiro atoms. The van der Waals surface area contributed by atoms with Crippen molar-refractivity contribution in [2.24, 2.45) is 11.7 Å². The summed E-state index contributed by atoms with van der Waals surface area (Å²) >= 11 is 0. The topological polar surface area (TPSA) is 114 Å². The van der Waals surface area contributed by atoms with Gasteiger partial charge in [0.15, 0.2) is 0 Å². The van der Waals surface area contributed by atoms with Gasteiger partial charge in [-0.1, -0.05) is 6.08 Å². The number of carbonyl (C=O) groups excluding carboxylic acids is 1. The molecule has 0 amide bonds. The lowest BCUT2D eigenvalue weighted by Gasteiger charge is -2.22. The summed E-state index contributed by atoms with van der Waals surface area (Å²) in [5, 5.41) is 10.5. The summed E-state index contributed by atoms with van der Waals surface area (Å²) < 4.78 is 5.22. The van der Waals surface area contributed by atoms with E-state index < -0.39 is 0 Å². The van der Waals surface area contributed by atoms with Gasteiger partial charge in [0.1, 0.15) is 5.76 Å². The van der Waals surface area contributed by atoms with Gasteiger partial charge >= 0.3 is 0 Å². The number of anilines is 1. The Morgan fingerprint density at radius 1 is 1.39 bits per heavy atom. The van der Waals surface area contributed by atoms with Crippen LogP contribution in [-0.2, 0) is 4.74 Å². The van der Waals surface area contributed by atoms with Gasteiger partial charge in [-0.25, -0.2) is 0 Å². The molecular formula is C17H18N4O2. The van der Waals surface area contributed by atoms with E-state index in [0.717, 1.165) is 6.21 Å². The summed E-state index contributed by atoms with van der Waals surface area (Å²) in [5.41, 5.74) is 14.4. The van der Waals surface area contributed by atoms with E-state index in [0.29, 0.717) is 34.0 Å². The van der Waals surface area contributed by atoms with Crippen LogP contribution in [0.15, 0.2) is 53.6 Å². The number of nitrogens with one attached hydrogen (secondary N) is 2. The molecule has 2 atom stereocenters. The predicted octanol–water partition coefficient (Wildman–Crippen LogP) is 1.31. The second kappa shape index (κ2) is 5.64. The largest absolute Gasteiger partial charge is 0.495 e. The van der Waals surface area contributed by atoms with Crippen LogP contribution in [0.5, 0.6) is 0 Å². The first-order valence-electron chi connectivity index (χ1n) is 7.20. The molecule has 0 saturated carbocycles. The van der Waals surface area contributed by atoms with Gasteiger partial charge in [-0.05, 0) is 30.4 Å². The summed E-state index contributed by atoms with van der Waals surface area (Å²) in [7, 11) is 1.57. The third-order valence-electron chi connectivity index (χ3n) is 4.12. The molecule has 1 aromatic rings. The van der Waals surface area contributed by atoms with Crippen LogP contribution >= 0.6 is 0 Å². The van der Waals surface area contributed by atoms with Crippen molar-refractivity contribution >= 4 is 17.7 Å². The van der Waals surface area contributed by atoms with E-state index in [1.165, 1.54) is 0 Å². The van der Waals surface area contributed by atoms with E-state index in [2.05, 4.69) is 5.32 Å². The van der Waals surface area contributed by atoms with Gasteiger partial charge < -0.3 is 26.9 Å². The zero-order chi connectivity index (χ0) is 16.6. The van der Waals surface area contributed by atoms with Gasteiger partial charge in [-0.2, -0.15) is 0 Å². The Balaban J connectivity index is 1.90. The molecule has 1 aliphatic carbocycles. The Kier molecular flexibility index (Phi) is 3.65. The quantitative estimate of drug-likeness (QED) is 0.380. The number of ether oxygens (including phenoxy) is 1. The van der Waals surface area contributed by atoms with E-state index in [1.54, 1.807) is 31.4 Å². The first-order chi connectivity index (χ1) is 11.0. The van der Waals surface area contributed by atoms with Crippen LogP contribution in [0.4, 0.5) is 5.69 Å². The van der Waals surface area contributed by atoms with Crippen molar-refractivity contribution in [2.45, 2.75) is 6.04 Å². The van der Waals surface area contributed by atoms with Crippen LogP contribution in [0.3, 0.4) is 0 Å². The molecule has 0 radical (unpaired) electrons. The maximum atomic E-state index is 12.7. The molecule has 6 nitrogen and oxygen atoms in total. The fourth-order valence-corrected chi connectivity index (χ4v) is 2.83. The minimum Gasteiger partial charge on any atom is -0.495 e. The Bertz CT molecular complexity index is 777. The molecule has 0 bridgehead atoms. The van der Waals surface area contributed by atoms with Gasteiger partial charge in [0, 0.05) is 28.9 Å². The minimum atomic E-state index is -0.150. The first kappa shape index (κ1) is 14.9. The van der Waals surface area contributed by atoms with E-state index >= 15 is 0 Å². The van der Waals surface area contributed by atoms with E-state index in [-0.39, 0.29) is 17.7 Å². The molecule has 6 heteroatoms. The molecular weight excluding hydrogens is 292 g/mol. The van der Waals surface area contributed by atoms with Crippen molar-refractivity contribution in [1.29, 1.82) is 5.41 Å². The average Bonchev–Trinajstić information content (AvgIpc) is 3.00. The summed E-state index contributed by atoms with van der Waals surface area (Å²) in [6.45, 7) is 0. The van der Waals surface area contributed by atoms with Gasteiger partial charge in [0.25, 0.3) is 0 Å². The van der Waals surface area contributed by atoms with Gasteiger partial charge in [-0.15, -0.1) is 0 Å². The van der Waals surface area contributed by atoms with Gasteiger partial charge in [-0.3, -0.25) is 4.79 Å². The second-order valence-electron chi connectivity index (χ2n) is 5.48. The van der Waals surface area contributed by atoms with Crippen LogP contribution in [0, 0.1) is 11.3 Å². The Morgan fingerprint density at radius 3 is 2.87 bits per heavy atom. The molecule has 0 fully saturated rings. The van der Waals surface area contributed by atoms with Crippen molar-refractivity contribution in [3.05, 3.63) is 64.7 Å². The van der Waals surface area contributed by atoms with E-state index in [4.69, 9.17) is 21.6 Å². The highest BCUT2D eigenvalue weighted by Crippen LogP contribution is 2.30. The summed E-state index contributed by atoms with van der Waals surface area (Å²) in [4.78, 5) is 12.7. The van der Waals surface area contributed by atoms with Gasteiger partial charge in [0.2, 0.25) is 5.78 Å². The molecule has 0 saturated heterocycles. The number of rotatable bonds is 4. The maximum Gasteiger partial charge on any atom is 0.208 e. The second-order valence-corrected chi connectivity index (χ2v) is 5.48. The third kappa shape index (κ3) is 2.48. The highest BCUT2D eigenvalue weighted by atomic mass is 16.5.